The third-order valence-electron chi connectivity index (χ3n) is 3.02. The van der Waals surface area contributed by atoms with Crippen molar-refractivity contribution in [2.24, 2.45) is 0 Å². The van der Waals surface area contributed by atoms with Crippen LogP contribution in [0.3, 0.4) is 0 Å². The summed E-state index contributed by atoms with van der Waals surface area (Å²) in [5.74, 6) is -1.89. The van der Waals surface area contributed by atoms with Gasteiger partial charge in [0.05, 0.1) is 0 Å². The maximum absolute atomic E-state index is 14.6. The van der Waals surface area contributed by atoms with Gasteiger partial charge in [0.1, 0.15) is 0 Å². The summed E-state index contributed by atoms with van der Waals surface area (Å²) in [4.78, 5) is 11.6. The fourth-order valence-corrected chi connectivity index (χ4v) is 2.49. The lowest BCUT2D eigenvalue weighted by Crippen LogP contribution is -2.41. The van der Waals surface area contributed by atoms with Crippen molar-refractivity contribution in [3.05, 3.63) is 33.8 Å². The maximum Gasteiger partial charge on any atom is 0.409 e. The van der Waals surface area contributed by atoms with Gasteiger partial charge in [-0.05, 0) is 24.1 Å². The Balaban J connectivity index is 2.46. The van der Waals surface area contributed by atoms with Gasteiger partial charge in [0.25, 0.3) is 0 Å². The number of fused-ring (bicyclic) bond motifs is 1. The number of rotatable bonds is 1. The van der Waals surface area contributed by atoms with Crippen molar-refractivity contribution < 1.29 is 14.3 Å². The molecule has 0 radical (unpaired) electrons. The van der Waals surface area contributed by atoms with Crippen molar-refractivity contribution in [3.8, 4) is 0 Å². The highest BCUT2D eigenvalue weighted by Crippen LogP contribution is 2.43. The number of alkyl halides is 1. The lowest BCUT2D eigenvalue weighted by atomic mass is 10.1. The molecule has 1 aromatic carbocycles. The van der Waals surface area contributed by atoms with E-state index in [0.717, 1.165) is 14.9 Å². The molecule has 1 unspecified atom stereocenters. The normalized spacial score (nSPS) is 22.9. The SMILES string of the molecule is CN(C(=O)O)C1(F)CCc2cc(Br)ccc21. The van der Waals surface area contributed by atoms with Crippen molar-refractivity contribution in [1.82, 2.24) is 4.90 Å². The highest BCUT2D eigenvalue weighted by Gasteiger charge is 2.44. The fraction of sp³-hybridized carbons (Fsp3) is 0.364. The Morgan fingerprint density at radius 1 is 1.62 bits per heavy atom. The standard InChI is InChI=1S/C11H11BrFNO2/c1-14(10(15)16)11(13)5-4-7-6-8(12)2-3-9(7)11/h2-3,6H,4-5H2,1H3,(H,15,16). The van der Waals surface area contributed by atoms with Crippen LogP contribution >= 0.6 is 15.9 Å². The molecule has 0 saturated heterocycles. The van der Waals surface area contributed by atoms with Crippen LogP contribution in [-0.2, 0) is 12.2 Å². The average Bonchev–Trinajstić information content (AvgIpc) is 2.56. The van der Waals surface area contributed by atoms with Crippen LogP contribution in [0.25, 0.3) is 0 Å². The van der Waals surface area contributed by atoms with Crippen LogP contribution in [0.2, 0.25) is 0 Å². The predicted octanol–water partition coefficient (Wildman–Crippen LogP) is 3.13. The van der Waals surface area contributed by atoms with Crippen LogP contribution in [0, 0.1) is 0 Å². The van der Waals surface area contributed by atoms with Gasteiger partial charge in [-0.25, -0.2) is 9.18 Å². The van der Waals surface area contributed by atoms with E-state index in [0.29, 0.717) is 12.0 Å². The molecule has 1 aliphatic rings. The van der Waals surface area contributed by atoms with E-state index in [-0.39, 0.29) is 6.42 Å². The number of aryl methyl sites for hydroxylation is 1. The Morgan fingerprint density at radius 3 is 2.94 bits per heavy atom. The molecule has 3 nitrogen and oxygen atoms in total. The molecule has 1 amide bonds. The van der Waals surface area contributed by atoms with E-state index in [1.807, 2.05) is 6.07 Å². The first-order valence-corrected chi connectivity index (χ1v) is 5.69. The Bertz CT molecular complexity index is 452. The molecule has 2 rings (SSSR count). The molecule has 0 spiro atoms. The fourth-order valence-electron chi connectivity index (χ4n) is 2.08. The predicted molar refractivity (Wildman–Crippen MR) is 61.0 cm³/mol. The number of carbonyl (C=O) groups is 1. The molecule has 0 heterocycles. The van der Waals surface area contributed by atoms with Gasteiger partial charge in [0.15, 0.2) is 0 Å². The van der Waals surface area contributed by atoms with Crippen LogP contribution in [0.4, 0.5) is 9.18 Å². The molecule has 1 aliphatic carbocycles. The van der Waals surface area contributed by atoms with Crippen molar-refractivity contribution in [2.75, 3.05) is 7.05 Å². The second kappa shape index (κ2) is 3.73. The zero-order chi connectivity index (χ0) is 11.9. The highest BCUT2D eigenvalue weighted by atomic mass is 79.9. The third-order valence-corrected chi connectivity index (χ3v) is 3.52. The van der Waals surface area contributed by atoms with E-state index in [2.05, 4.69) is 15.9 Å². The molecule has 86 valence electrons. The Hall–Kier alpha value is -1.10. The molecule has 1 atom stereocenters. The molecule has 16 heavy (non-hydrogen) atoms. The Labute approximate surface area is 101 Å². The topological polar surface area (TPSA) is 40.5 Å². The molecule has 0 aromatic heterocycles. The minimum absolute atomic E-state index is 0.182. The second-order valence-electron chi connectivity index (χ2n) is 3.90. The van der Waals surface area contributed by atoms with E-state index in [9.17, 15) is 9.18 Å². The molecular formula is C11H11BrFNO2. The van der Waals surface area contributed by atoms with Gasteiger partial charge in [0.2, 0.25) is 5.79 Å². The first-order valence-electron chi connectivity index (χ1n) is 4.90. The lowest BCUT2D eigenvalue weighted by Gasteiger charge is -2.29. The number of amides is 1. The third kappa shape index (κ3) is 1.59. The Kier molecular flexibility index (Phi) is 2.66. The number of halogens is 2. The van der Waals surface area contributed by atoms with Gasteiger partial charge in [0, 0.05) is 23.5 Å². The molecule has 0 aliphatic heterocycles. The van der Waals surface area contributed by atoms with Crippen molar-refractivity contribution >= 4 is 22.0 Å². The van der Waals surface area contributed by atoms with Crippen molar-refractivity contribution in [2.45, 2.75) is 18.6 Å². The minimum Gasteiger partial charge on any atom is -0.465 e. The van der Waals surface area contributed by atoms with E-state index < -0.39 is 11.9 Å². The van der Waals surface area contributed by atoms with E-state index in [4.69, 9.17) is 5.11 Å². The van der Waals surface area contributed by atoms with E-state index in [1.165, 1.54) is 7.05 Å². The second-order valence-corrected chi connectivity index (χ2v) is 4.82. The maximum atomic E-state index is 14.6. The summed E-state index contributed by atoms with van der Waals surface area (Å²) in [6.07, 6.45) is -0.511. The molecule has 0 fully saturated rings. The van der Waals surface area contributed by atoms with Crippen LogP contribution < -0.4 is 0 Å². The largest absolute Gasteiger partial charge is 0.465 e. The quantitative estimate of drug-likeness (QED) is 0.806. The summed E-state index contributed by atoms with van der Waals surface area (Å²) in [6.45, 7) is 0. The molecule has 1 aromatic rings. The van der Waals surface area contributed by atoms with E-state index >= 15 is 0 Å². The first-order chi connectivity index (χ1) is 7.45. The lowest BCUT2D eigenvalue weighted by molar-refractivity contribution is -0.00749. The summed E-state index contributed by atoms with van der Waals surface area (Å²) in [5.41, 5.74) is 1.32. The molecule has 0 bridgehead atoms. The summed E-state index contributed by atoms with van der Waals surface area (Å²) in [7, 11) is 1.26. The van der Waals surface area contributed by atoms with Gasteiger partial charge in [-0.1, -0.05) is 22.0 Å². The zero-order valence-corrected chi connectivity index (χ0v) is 10.3. The number of benzene rings is 1. The summed E-state index contributed by atoms with van der Waals surface area (Å²) < 4.78 is 15.5. The smallest absolute Gasteiger partial charge is 0.409 e. The number of hydrogen-bond acceptors (Lipinski definition) is 1. The van der Waals surface area contributed by atoms with Crippen LogP contribution in [0.5, 0.6) is 0 Å². The zero-order valence-electron chi connectivity index (χ0n) is 8.70. The van der Waals surface area contributed by atoms with Crippen LogP contribution in [-0.4, -0.2) is 23.1 Å². The van der Waals surface area contributed by atoms with Gasteiger partial charge in [-0.15, -0.1) is 0 Å². The highest BCUT2D eigenvalue weighted by molar-refractivity contribution is 9.10. The minimum atomic E-state index is -1.89. The van der Waals surface area contributed by atoms with Crippen LogP contribution in [0.1, 0.15) is 17.5 Å². The number of hydrogen-bond donors (Lipinski definition) is 1. The molecular weight excluding hydrogens is 277 g/mol. The first kappa shape index (κ1) is 11.4. The molecule has 1 N–H and O–H groups in total. The summed E-state index contributed by atoms with van der Waals surface area (Å²) in [5, 5.41) is 8.86. The van der Waals surface area contributed by atoms with Crippen molar-refractivity contribution in [1.29, 1.82) is 0 Å². The summed E-state index contributed by atoms with van der Waals surface area (Å²) >= 11 is 3.32. The monoisotopic (exact) mass is 287 g/mol. The van der Waals surface area contributed by atoms with Crippen LogP contribution in [0.15, 0.2) is 22.7 Å². The van der Waals surface area contributed by atoms with Gasteiger partial charge >= 0.3 is 6.09 Å². The number of carboxylic acid groups (broad SMARTS) is 1. The van der Waals surface area contributed by atoms with Crippen molar-refractivity contribution in [3.63, 3.8) is 0 Å². The van der Waals surface area contributed by atoms with Gasteiger partial charge in [-0.3, -0.25) is 4.90 Å². The molecule has 5 heteroatoms. The molecule has 0 saturated carbocycles. The van der Waals surface area contributed by atoms with E-state index in [1.54, 1.807) is 12.1 Å². The van der Waals surface area contributed by atoms with Gasteiger partial charge in [-0.2, -0.15) is 0 Å². The Morgan fingerprint density at radius 2 is 2.31 bits per heavy atom. The summed E-state index contributed by atoms with van der Waals surface area (Å²) in [6, 6.07) is 5.21. The average molecular weight is 288 g/mol. The number of nitrogens with zero attached hydrogens (tertiary/aromatic N) is 1. The van der Waals surface area contributed by atoms with Gasteiger partial charge < -0.3 is 5.11 Å².